The number of nitrogens with zero attached hydrogens (tertiary/aromatic N) is 1. The highest BCUT2D eigenvalue weighted by molar-refractivity contribution is 6.17. The second kappa shape index (κ2) is 5.75. The van der Waals surface area contributed by atoms with Crippen LogP contribution in [-0.2, 0) is 16.0 Å². The Balaban J connectivity index is 2.21. The number of phenols is 1. The summed E-state index contributed by atoms with van der Waals surface area (Å²) in [6, 6.07) is 5.05. The van der Waals surface area contributed by atoms with Crippen molar-refractivity contribution in [1.29, 1.82) is 0 Å². The molecule has 2 rings (SSSR count). The molecule has 2 amide bonds. The lowest BCUT2D eigenvalue weighted by Crippen LogP contribution is -2.34. The average molecular weight is 276 g/mol. The molecule has 1 aliphatic rings. The van der Waals surface area contributed by atoms with Crippen molar-refractivity contribution in [1.82, 2.24) is 4.90 Å². The Kier molecular flexibility index (Phi) is 4.05. The van der Waals surface area contributed by atoms with Gasteiger partial charge in [0, 0.05) is 6.08 Å². The van der Waals surface area contributed by atoms with Gasteiger partial charge in [0.25, 0.3) is 11.8 Å². The van der Waals surface area contributed by atoms with Crippen LogP contribution in [0.25, 0.3) is 0 Å². The third-order valence-electron chi connectivity index (χ3n) is 3.07. The molecule has 20 heavy (non-hydrogen) atoms. The topological polar surface area (TPSA) is 89.9 Å². The van der Waals surface area contributed by atoms with Crippen LogP contribution in [0.15, 0.2) is 30.0 Å². The van der Waals surface area contributed by atoms with Gasteiger partial charge in [-0.15, -0.1) is 0 Å². The average Bonchev–Trinajstić information content (AvgIpc) is 2.69. The number of phenolic OH excluding ortho intramolecular Hbond substituents is 1. The van der Waals surface area contributed by atoms with E-state index in [2.05, 4.69) is 5.32 Å². The Hall–Kier alpha value is -2.34. The van der Waals surface area contributed by atoms with Gasteiger partial charge in [-0.25, -0.2) is 0 Å². The van der Waals surface area contributed by atoms with Gasteiger partial charge in [-0.1, -0.05) is 13.0 Å². The lowest BCUT2D eigenvalue weighted by atomic mass is 10.1. The predicted molar refractivity (Wildman–Crippen MR) is 73.0 cm³/mol. The molecule has 106 valence electrons. The number of carbonyl (C=O) groups excluding carboxylic acids is 2. The molecule has 0 radical (unpaired) electrons. The van der Waals surface area contributed by atoms with Crippen molar-refractivity contribution in [2.45, 2.75) is 13.3 Å². The first-order valence-electron chi connectivity index (χ1n) is 6.34. The number of hydrogen-bond acceptors (Lipinski definition) is 5. The minimum atomic E-state index is -0.509. The maximum atomic E-state index is 12.0. The zero-order valence-corrected chi connectivity index (χ0v) is 11.1. The van der Waals surface area contributed by atoms with Crippen molar-refractivity contribution >= 4 is 17.5 Å². The standard InChI is InChI=1S/C14H16N2O4/c1-2-9-3-4-12(18)10(7-9)15-11-8-13(19)16(5-6-17)14(11)20/h3-4,7-8,15,17-18H,2,5-6H2,1H3. The predicted octanol–water partition coefficient (Wildman–Crippen LogP) is 0.611. The fourth-order valence-corrected chi connectivity index (χ4v) is 1.96. The molecule has 0 spiro atoms. The first-order valence-corrected chi connectivity index (χ1v) is 6.34. The number of aliphatic hydroxyl groups is 1. The monoisotopic (exact) mass is 276 g/mol. The molecule has 0 saturated heterocycles. The Morgan fingerprint density at radius 3 is 2.70 bits per heavy atom. The molecule has 0 aromatic heterocycles. The van der Waals surface area contributed by atoms with E-state index in [1.807, 2.05) is 6.92 Å². The van der Waals surface area contributed by atoms with Gasteiger partial charge in [0.1, 0.15) is 11.4 Å². The third-order valence-corrected chi connectivity index (χ3v) is 3.07. The fourth-order valence-electron chi connectivity index (χ4n) is 1.96. The molecule has 0 unspecified atom stereocenters. The number of hydrogen-bond donors (Lipinski definition) is 3. The number of aliphatic hydroxyl groups excluding tert-OH is 1. The van der Waals surface area contributed by atoms with Crippen LogP contribution < -0.4 is 5.32 Å². The maximum absolute atomic E-state index is 12.0. The Bertz CT molecular complexity index is 581. The summed E-state index contributed by atoms with van der Waals surface area (Å²) < 4.78 is 0. The van der Waals surface area contributed by atoms with E-state index < -0.39 is 11.8 Å². The van der Waals surface area contributed by atoms with Crippen LogP contribution in [0, 0.1) is 0 Å². The van der Waals surface area contributed by atoms with Crippen LogP contribution in [0.3, 0.4) is 0 Å². The highest BCUT2D eigenvalue weighted by Gasteiger charge is 2.30. The van der Waals surface area contributed by atoms with Crippen LogP contribution in [-0.4, -0.2) is 40.1 Å². The summed E-state index contributed by atoms with van der Waals surface area (Å²) >= 11 is 0. The highest BCUT2D eigenvalue weighted by atomic mass is 16.3. The number of anilines is 1. The summed E-state index contributed by atoms with van der Waals surface area (Å²) in [6.07, 6.45) is 1.95. The summed E-state index contributed by atoms with van der Waals surface area (Å²) in [4.78, 5) is 24.5. The number of imide groups is 1. The van der Waals surface area contributed by atoms with Gasteiger partial charge in [0.05, 0.1) is 18.8 Å². The van der Waals surface area contributed by atoms with Gasteiger partial charge in [0.2, 0.25) is 0 Å². The van der Waals surface area contributed by atoms with Crippen LogP contribution >= 0.6 is 0 Å². The van der Waals surface area contributed by atoms with Gasteiger partial charge in [-0.3, -0.25) is 14.5 Å². The summed E-state index contributed by atoms with van der Waals surface area (Å²) in [5, 5.41) is 21.4. The molecular formula is C14H16N2O4. The van der Waals surface area contributed by atoms with Crippen LogP contribution in [0.2, 0.25) is 0 Å². The second-order valence-electron chi connectivity index (χ2n) is 4.41. The van der Waals surface area contributed by atoms with Crippen LogP contribution in [0.1, 0.15) is 12.5 Å². The molecule has 1 aliphatic heterocycles. The first-order chi connectivity index (χ1) is 9.56. The third kappa shape index (κ3) is 2.65. The molecule has 6 nitrogen and oxygen atoms in total. The van der Waals surface area contributed by atoms with E-state index in [1.54, 1.807) is 12.1 Å². The van der Waals surface area contributed by atoms with E-state index in [1.165, 1.54) is 6.07 Å². The number of carbonyl (C=O) groups is 2. The fraction of sp³-hybridized carbons (Fsp3) is 0.286. The Morgan fingerprint density at radius 2 is 2.05 bits per heavy atom. The largest absolute Gasteiger partial charge is 0.506 e. The highest BCUT2D eigenvalue weighted by Crippen LogP contribution is 2.27. The number of aromatic hydroxyl groups is 1. The first kappa shape index (κ1) is 14.1. The lowest BCUT2D eigenvalue weighted by molar-refractivity contribution is -0.137. The number of benzene rings is 1. The van der Waals surface area contributed by atoms with Crippen molar-refractivity contribution < 1.29 is 19.8 Å². The van der Waals surface area contributed by atoms with E-state index >= 15 is 0 Å². The second-order valence-corrected chi connectivity index (χ2v) is 4.41. The van der Waals surface area contributed by atoms with Crippen molar-refractivity contribution in [3.63, 3.8) is 0 Å². The molecule has 0 bridgehead atoms. The minimum absolute atomic E-state index is 0.00366. The van der Waals surface area contributed by atoms with Crippen LogP contribution in [0.4, 0.5) is 5.69 Å². The van der Waals surface area contributed by atoms with Crippen LogP contribution in [0.5, 0.6) is 5.75 Å². The van der Waals surface area contributed by atoms with Crippen molar-refractivity contribution in [2.24, 2.45) is 0 Å². The van der Waals surface area contributed by atoms with Gasteiger partial charge in [0.15, 0.2) is 0 Å². The van der Waals surface area contributed by atoms with Gasteiger partial charge in [-0.05, 0) is 24.1 Å². The lowest BCUT2D eigenvalue weighted by Gasteiger charge is -2.14. The van der Waals surface area contributed by atoms with Gasteiger partial charge < -0.3 is 15.5 Å². The molecule has 1 heterocycles. The van der Waals surface area contributed by atoms with Crippen molar-refractivity contribution in [3.8, 4) is 5.75 Å². The summed E-state index contributed by atoms with van der Waals surface area (Å²) in [5.41, 5.74) is 1.46. The van der Waals surface area contributed by atoms with Crippen molar-refractivity contribution in [2.75, 3.05) is 18.5 Å². The van der Waals surface area contributed by atoms with Gasteiger partial charge >= 0.3 is 0 Å². The minimum Gasteiger partial charge on any atom is -0.506 e. The number of aryl methyl sites for hydroxylation is 1. The molecule has 6 heteroatoms. The SMILES string of the molecule is CCc1ccc(O)c(NC2=CC(=O)N(CCO)C2=O)c1. The Labute approximate surface area is 116 Å². The molecule has 3 N–H and O–H groups in total. The quantitative estimate of drug-likeness (QED) is 0.541. The number of rotatable bonds is 5. The summed E-state index contributed by atoms with van der Waals surface area (Å²) in [5.74, 6) is -0.980. The smallest absolute Gasteiger partial charge is 0.277 e. The van der Waals surface area contributed by atoms with E-state index in [4.69, 9.17) is 5.11 Å². The number of nitrogens with one attached hydrogen (secondary N) is 1. The zero-order valence-electron chi connectivity index (χ0n) is 11.1. The van der Waals surface area contributed by atoms with Gasteiger partial charge in [-0.2, -0.15) is 0 Å². The Morgan fingerprint density at radius 1 is 1.30 bits per heavy atom. The van der Waals surface area contributed by atoms with E-state index in [-0.39, 0.29) is 24.6 Å². The summed E-state index contributed by atoms with van der Waals surface area (Å²) in [6.45, 7) is 1.65. The molecule has 0 saturated carbocycles. The zero-order chi connectivity index (χ0) is 14.7. The van der Waals surface area contributed by atoms with E-state index in [9.17, 15) is 14.7 Å². The summed E-state index contributed by atoms with van der Waals surface area (Å²) in [7, 11) is 0. The maximum Gasteiger partial charge on any atom is 0.277 e. The number of amides is 2. The molecule has 0 atom stereocenters. The molecular weight excluding hydrogens is 260 g/mol. The molecule has 0 fully saturated rings. The normalized spacial score (nSPS) is 14.7. The molecule has 1 aromatic rings. The molecule has 1 aromatic carbocycles. The number of β-amino-alcohol motifs (C(OH)–C–C–N with tert-alkyl or cyclic N) is 1. The van der Waals surface area contributed by atoms with Crippen molar-refractivity contribution in [3.05, 3.63) is 35.5 Å². The molecule has 0 aliphatic carbocycles. The van der Waals surface area contributed by atoms with E-state index in [0.29, 0.717) is 5.69 Å². The van der Waals surface area contributed by atoms with E-state index in [0.717, 1.165) is 23.0 Å².